The smallest absolute Gasteiger partial charge is 0.264 e. The maximum absolute atomic E-state index is 13.8. The van der Waals surface area contributed by atoms with Gasteiger partial charge in [-0.1, -0.05) is 6.07 Å². The summed E-state index contributed by atoms with van der Waals surface area (Å²) in [6.45, 7) is 1.06. The van der Waals surface area contributed by atoms with Gasteiger partial charge in [0.15, 0.2) is 0 Å². The average molecular weight is 210 g/mol. The number of rotatable bonds is 1. The van der Waals surface area contributed by atoms with Gasteiger partial charge in [-0.15, -0.1) is 0 Å². The van der Waals surface area contributed by atoms with Gasteiger partial charge in [0.2, 0.25) is 0 Å². The number of aromatic nitrogens is 1. The zero-order valence-corrected chi connectivity index (χ0v) is 8.21. The number of fused-ring (bicyclic) bond motifs is 1. The van der Waals surface area contributed by atoms with Crippen molar-refractivity contribution in [2.24, 2.45) is 5.92 Å². The molecule has 1 aromatic heterocycles. The van der Waals surface area contributed by atoms with Gasteiger partial charge in [0.1, 0.15) is 0 Å². The molecule has 2 fully saturated rings. The van der Waals surface area contributed by atoms with Crippen LogP contribution in [0.2, 0.25) is 0 Å². The normalized spacial score (nSPS) is 37.1. The number of hydrogen-bond donors (Lipinski definition) is 1. The first-order chi connectivity index (χ1) is 7.19. The van der Waals surface area contributed by atoms with Gasteiger partial charge in [-0.3, -0.25) is 4.98 Å². The molecule has 1 aliphatic heterocycles. The number of nitrogens with one attached hydrogen (secondary N) is 1. The molecule has 0 radical (unpaired) electrons. The Kier molecular flexibility index (Phi) is 1.69. The summed E-state index contributed by atoms with van der Waals surface area (Å²) in [5, 5.41) is 3.02. The van der Waals surface area contributed by atoms with Gasteiger partial charge in [-0.2, -0.15) is 0 Å². The predicted molar refractivity (Wildman–Crippen MR) is 51.8 cm³/mol. The molecule has 1 N–H and O–H groups in total. The molecule has 3 rings (SSSR count). The minimum absolute atomic E-state index is 0.406. The average Bonchev–Trinajstić information content (AvgIpc) is 2.80. The number of hydrogen-bond acceptors (Lipinski definition) is 2. The highest BCUT2D eigenvalue weighted by molar-refractivity contribution is 5.38. The zero-order valence-electron chi connectivity index (χ0n) is 8.21. The first-order valence-corrected chi connectivity index (χ1v) is 5.19. The SMILES string of the molecule is FC1(F)C2CNCCC21c1ccccn1. The van der Waals surface area contributed by atoms with E-state index in [0.29, 0.717) is 25.2 Å². The van der Waals surface area contributed by atoms with Gasteiger partial charge < -0.3 is 5.32 Å². The summed E-state index contributed by atoms with van der Waals surface area (Å²) in [5.41, 5.74) is -0.416. The molecular weight excluding hydrogens is 198 g/mol. The van der Waals surface area contributed by atoms with Gasteiger partial charge in [0.05, 0.1) is 17.0 Å². The standard InChI is InChI=1S/C11H12F2N2/c12-11(13)8-7-14-6-4-10(8,11)9-3-1-2-5-15-9/h1-3,5,8,14H,4,6-7H2. The molecule has 2 heterocycles. The van der Waals surface area contributed by atoms with Crippen molar-refractivity contribution < 1.29 is 8.78 Å². The molecule has 2 unspecified atom stereocenters. The van der Waals surface area contributed by atoms with Crippen LogP contribution < -0.4 is 5.32 Å². The third-order valence-corrected chi connectivity index (χ3v) is 3.71. The second-order valence-corrected chi connectivity index (χ2v) is 4.32. The molecule has 2 aliphatic rings. The molecule has 0 aromatic carbocycles. The monoisotopic (exact) mass is 210 g/mol. The van der Waals surface area contributed by atoms with Crippen molar-refractivity contribution in [2.45, 2.75) is 17.8 Å². The largest absolute Gasteiger partial charge is 0.316 e. The molecule has 4 heteroatoms. The number of nitrogens with zero attached hydrogens (tertiary/aromatic N) is 1. The van der Waals surface area contributed by atoms with Gasteiger partial charge in [0.25, 0.3) is 5.92 Å². The molecule has 15 heavy (non-hydrogen) atoms. The van der Waals surface area contributed by atoms with Gasteiger partial charge in [-0.25, -0.2) is 8.78 Å². The lowest BCUT2D eigenvalue weighted by molar-refractivity contribution is 0.0773. The van der Waals surface area contributed by atoms with E-state index in [1.807, 2.05) is 0 Å². The highest BCUT2D eigenvalue weighted by Gasteiger charge is 2.81. The summed E-state index contributed by atoms with van der Waals surface area (Å²) in [6, 6.07) is 5.26. The highest BCUT2D eigenvalue weighted by atomic mass is 19.3. The quantitative estimate of drug-likeness (QED) is 0.761. The molecule has 80 valence electrons. The molecule has 2 nitrogen and oxygen atoms in total. The number of halogens is 2. The predicted octanol–water partition coefficient (Wildman–Crippen LogP) is 1.58. The maximum Gasteiger partial charge on any atom is 0.264 e. The van der Waals surface area contributed by atoms with Crippen LogP contribution in [0.15, 0.2) is 24.4 Å². The Labute approximate surface area is 86.7 Å². The van der Waals surface area contributed by atoms with E-state index in [1.54, 1.807) is 24.4 Å². The van der Waals surface area contributed by atoms with Crippen molar-refractivity contribution in [3.8, 4) is 0 Å². The van der Waals surface area contributed by atoms with Crippen molar-refractivity contribution in [3.63, 3.8) is 0 Å². The van der Waals surface area contributed by atoms with Crippen molar-refractivity contribution in [1.29, 1.82) is 0 Å². The van der Waals surface area contributed by atoms with Crippen molar-refractivity contribution >= 4 is 0 Å². The third kappa shape index (κ3) is 0.977. The number of pyridine rings is 1. The van der Waals surface area contributed by atoms with Crippen LogP contribution >= 0.6 is 0 Å². The first-order valence-electron chi connectivity index (χ1n) is 5.19. The Morgan fingerprint density at radius 1 is 1.40 bits per heavy atom. The van der Waals surface area contributed by atoms with Crippen LogP contribution in [0.4, 0.5) is 8.78 Å². The fourth-order valence-corrected chi connectivity index (χ4v) is 2.81. The Morgan fingerprint density at radius 2 is 2.27 bits per heavy atom. The van der Waals surface area contributed by atoms with E-state index in [1.165, 1.54) is 0 Å². The van der Waals surface area contributed by atoms with Crippen LogP contribution in [0.5, 0.6) is 0 Å². The molecule has 1 aromatic rings. The minimum atomic E-state index is -2.58. The van der Waals surface area contributed by atoms with Gasteiger partial charge in [-0.05, 0) is 25.1 Å². The van der Waals surface area contributed by atoms with E-state index < -0.39 is 17.3 Å². The summed E-state index contributed by atoms with van der Waals surface area (Å²) in [5.74, 6) is -3.14. The summed E-state index contributed by atoms with van der Waals surface area (Å²) in [7, 11) is 0. The van der Waals surface area contributed by atoms with Crippen molar-refractivity contribution in [1.82, 2.24) is 10.3 Å². The van der Waals surface area contributed by atoms with Crippen LogP contribution in [0.1, 0.15) is 12.1 Å². The van der Waals surface area contributed by atoms with E-state index in [9.17, 15) is 8.78 Å². The van der Waals surface area contributed by atoms with Crippen molar-refractivity contribution in [3.05, 3.63) is 30.1 Å². The summed E-state index contributed by atoms with van der Waals surface area (Å²) < 4.78 is 27.5. The molecule has 0 spiro atoms. The summed E-state index contributed by atoms with van der Waals surface area (Å²) >= 11 is 0. The minimum Gasteiger partial charge on any atom is -0.316 e. The molecule has 1 saturated carbocycles. The van der Waals surface area contributed by atoms with E-state index in [0.717, 1.165) is 0 Å². The highest BCUT2D eigenvalue weighted by Crippen LogP contribution is 2.68. The van der Waals surface area contributed by atoms with E-state index in [-0.39, 0.29) is 0 Å². The molecule has 2 atom stereocenters. The summed E-state index contributed by atoms with van der Waals surface area (Å²) in [6.07, 6.45) is 2.08. The Hall–Kier alpha value is -1.03. The fraction of sp³-hybridized carbons (Fsp3) is 0.545. The van der Waals surface area contributed by atoms with Gasteiger partial charge in [0, 0.05) is 12.7 Å². The Balaban J connectivity index is 2.04. The second-order valence-electron chi connectivity index (χ2n) is 4.32. The van der Waals surface area contributed by atoms with Crippen LogP contribution in [0, 0.1) is 5.92 Å². The second kappa shape index (κ2) is 2.76. The van der Waals surface area contributed by atoms with Crippen LogP contribution in [-0.4, -0.2) is 24.0 Å². The lowest BCUT2D eigenvalue weighted by atomic mass is 9.91. The third-order valence-electron chi connectivity index (χ3n) is 3.71. The van der Waals surface area contributed by atoms with Crippen LogP contribution in [-0.2, 0) is 5.41 Å². The molecular formula is C11H12F2N2. The Bertz CT molecular complexity index is 379. The Morgan fingerprint density at radius 3 is 2.93 bits per heavy atom. The van der Waals surface area contributed by atoms with E-state index in [2.05, 4.69) is 10.3 Å². The molecule has 1 saturated heterocycles. The first kappa shape index (κ1) is 9.21. The number of piperidine rings is 1. The lowest BCUT2D eigenvalue weighted by Crippen LogP contribution is -2.32. The fourth-order valence-electron chi connectivity index (χ4n) is 2.81. The topological polar surface area (TPSA) is 24.9 Å². The molecule has 1 aliphatic carbocycles. The lowest BCUT2D eigenvalue weighted by Gasteiger charge is -2.20. The van der Waals surface area contributed by atoms with Gasteiger partial charge >= 0.3 is 0 Å². The van der Waals surface area contributed by atoms with Crippen LogP contribution in [0.3, 0.4) is 0 Å². The van der Waals surface area contributed by atoms with Crippen LogP contribution in [0.25, 0.3) is 0 Å². The van der Waals surface area contributed by atoms with E-state index >= 15 is 0 Å². The molecule has 0 amide bonds. The number of alkyl halides is 2. The molecule has 0 bridgehead atoms. The maximum atomic E-state index is 13.8. The van der Waals surface area contributed by atoms with Crippen molar-refractivity contribution in [2.75, 3.05) is 13.1 Å². The van der Waals surface area contributed by atoms with E-state index in [4.69, 9.17) is 0 Å². The zero-order chi connectivity index (χ0) is 10.5. The summed E-state index contributed by atoms with van der Waals surface area (Å²) in [4.78, 5) is 4.10.